The number of nitriles is 1. The third kappa shape index (κ3) is 4.93. The lowest BCUT2D eigenvalue weighted by molar-refractivity contribution is 0.724. The fourth-order valence-corrected chi connectivity index (χ4v) is 4.28. The second-order valence-corrected chi connectivity index (χ2v) is 10.0. The predicted molar refractivity (Wildman–Crippen MR) is 129 cm³/mol. The van der Waals surface area contributed by atoms with Crippen LogP contribution in [0.4, 0.5) is 5.82 Å². The Hall–Kier alpha value is -2.94. The van der Waals surface area contributed by atoms with Crippen LogP contribution in [0.1, 0.15) is 59.8 Å². The van der Waals surface area contributed by atoms with Crippen molar-refractivity contribution in [1.29, 1.82) is 5.26 Å². The van der Waals surface area contributed by atoms with Gasteiger partial charge in [-0.25, -0.2) is 14.6 Å². The van der Waals surface area contributed by atoms with E-state index in [1.807, 2.05) is 29.1 Å². The lowest BCUT2D eigenvalue weighted by Crippen LogP contribution is -2.27. The highest BCUT2D eigenvalue weighted by molar-refractivity contribution is 5.79. The summed E-state index contributed by atoms with van der Waals surface area (Å²) in [6.07, 6.45) is 9.84. The van der Waals surface area contributed by atoms with Crippen LogP contribution >= 0.6 is 0 Å². The van der Waals surface area contributed by atoms with Crippen molar-refractivity contribution in [2.75, 3.05) is 11.4 Å². The molecule has 168 valence electrons. The zero-order chi connectivity index (χ0) is 22.7. The molecule has 6 nitrogen and oxygen atoms in total. The molecule has 2 saturated carbocycles. The van der Waals surface area contributed by atoms with Crippen LogP contribution in [0.5, 0.6) is 0 Å². The van der Waals surface area contributed by atoms with Crippen LogP contribution in [0.15, 0.2) is 42.9 Å². The lowest BCUT2D eigenvalue weighted by atomic mass is 10.2. The largest absolute Gasteiger partial charge is 0.354 e. The van der Waals surface area contributed by atoms with Gasteiger partial charge in [0, 0.05) is 24.0 Å². The summed E-state index contributed by atoms with van der Waals surface area (Å²) in [5.41, 5.74) is 1.67. The van der Waals surface area contributed by atoms with Crippen molar-refractivity contribution < 1.29 is 0 Å². The molecule has 2 unspecified atom stereocenters. The van der Waals surface area contributed by atoms with E-state index in [0.29, 0.717) is 17.4 Å². The Bertz CT molecular complexity index is 1090. The molecule has 1 saturated heterocycles. The second kappa shape index (κ2) is 9.28. The minimum absolute atomic E-state index is 0.465. The maximum Gasteiger partial charge on any atom is 0.159 e. The average molecular weight is 431 g/mol. The van der Waals surface area contributed by atoms with Crippen LogP contribution in [-0.2, 0) is 0 Å². The van der Waals surface area contributed by atoms with E-state index in [4.69, 9.17) is 5.26 Å². The number of anilines is 1. The van der Waals surface area contributed by atoms with Gasteiger partial charge in [-0.2, -0.15) is 10.4 Å². The smallest absolute Gasteiger partial charge is 0.159 e. The summed E-state index contributed by atoms with van der Waals surface area (Å²) >= 11 is 0. The second-order valence-electron chi connectivity index (χ2n) is 10.0. The molecule has 32 heavy (non-hydrogen) atoms. The SMILES string of the molecule is CC(C)C.CC1CCCN1c1cc(-n2ncc3ccccc32)ncn1.N#CC1CC12CC2. The number of nitrogens with zero attached hydrogens (tertiary/aromatic N) is 6. The van der Waals surface area contributed by atoms with Crippen molar-refractivity contribution in [3.05, 3.63) is 42.9 Å². The molecule has 6 heteroatoms. The van der Waals surface area contributed by atoms with E-state index >= 15 is 0 Å². The maximum absolute atomic E-state index is 8.33. The van der Waals surface area contributed by atoms with Gasteiger partial charge in [0.05, 0.1) is 23.7 Å². The van der Waals surface area contributed by atoms with Crippen molar-refractivity contribution in [2.45, 2.75) is 65.8 Å². The van der Waals surface area contributed by atoms with Gasteiger partial charge >= 0.3 is 0 Å². The molecular formula is C26H34N6. The first-order valence-corrected chi connectivity index (χ1v) is 11.8. The Kier molecular flexibility index (Phi) is 6.45. The number of fused-ring (bicyclic) bond motifs is 1. The molecular weight excluding hydrogens is 396 g/mol. The lowest BCUT2D eigenvalue weighted by Gasteiger charge is -2.22. The molecule has 0 amide bonds. The van der Waals surface area contributed by atoms with Gasteiger partial charge in [0.2, 0.25) is 0 Å². The van der Waals surface area contributed by atoms with E-state index < -0.39 is 0 Å². The topological polar surface area (TPSA) is 70.6 Å². The molecule has 0 bridgehead atoms. The van der Waals surface area contributed by atoms with E-state index in [1.54, 1.807) is 6.33 Å². The fraction of sp³-hybridized carbons (Fsp3) is 0.538. The quantitative estimate of drug-likeness (QED) is 0.516. The van der Waals surface area contributed by atoms with Gasteiger partial charge in [0.25, 0.3) is 0 Å². The Labute approximate surface area is 191 Å². The van der Waals surface area contributed by atoms with Crippen LogP contribution in [-0.4, -0.2) is 32.3 Å². The molecule has 3 fully saturated rings. The molecule has 1 aliphatic heterocycles. The molecule has 3 aromatic rings. The molecule has 6 rings (SSSR count). The van der Waals surface area contributed by atoms with Crippen molar-refractivity contribution in [3.8, 4) is 11.9 Å². The number of hydrogen-bond acceptors (Lipinski definition) is 5. The highest BCUT2D eigenvalue weighted by atomic mass is 15.3. The molecule has 3 heterocycles. The normalized spacial score (nSPS) is 22.1. The maximum atomic E-state index is 8.33. The Morgan fingerprint density at radius 3 is 2.44 bits per heavy atom. The minimum Gasteiger partial charge on any atom is -0.354 e. The van der Waals surface area contributed by atoms with E-state index in [9.17, 15) is 0 Å². The highest BCUT2D eigenvalue weighted by Gasteiger charge is 2.63. The van der Waals surface area contributed by atoms with Crippen LogP contribution in [0.2, 0.25) is 0 Å². The standard InChI is InChI=1S/C16H17N5.C6H7N.C4H10/c1-12-5-4-8-20(12)15-9-16(18-11-17-15)21-14-7-3-2-6-13(14)10-19-21;7-4-5-3-6(5)1-2-6;1-4(2)3/h2-3,6-7,9-12H,4-5,8H2,1H3;5H,1-3H2;4H,1-3H3. The summed E-state index contributed by atoms with van der Waals surface area (Å²) in [7, 11) is 0. The van der Waals surface area contributed by atoms with Crippen LogP contribution in [0.25, 0.3) is 16.7 Å². The molecule has 2 atom stereocenters. The Morgan fingerprint density at radius 1 is 1.12 bits per heavy atom. The fourth-order valence-electron chi connectivity index (χ4n) is 4.28. The first-order valence-electron chi connectivity index (χ1n) is 11.8. The molecule has 0 radical (unpaired) electrons. The van der Waals surface area contributed by atoms with E-state index in [2.05, 4.69) is 65.9 Å². The summed E-state index contributed by atoms with van der Waals surface area (Å²) in [4.78, 5) is 11.2. The van der Waals surface area contributed by atoms with Gasteiger partial charge in [-0.1, -0.05) is 39.0 Å². The third-order valence-electron chi connectivity index (χ3n) is 6.42. The predicted octanol–water partition coefficient (Wildman–Crippen LogP) is 5.78. The Balaban J connectivity index is 0.000000183. The molecule has 3 aliphatic rings. The monoisotopic (exact) mass is 430 g/mol. The van der Waals surface area contributed by atoms with E-state index in [1.165, 1.54) is 32.1 Å². The van der Waals surface area contributed by atoms with Gasteiger partial charge in [-0.15, -0.1) is 0 Å². The molecule has 2 aromatic heterocycles. The van der Waals surface area contributed by atoms with Gasteiger partial charge in [-0.3, -0.25) is 0 Å². The van der Waals surface area contributed by atoms with Crippen molar-refractivity contribution in [2.24, 2.45) is 17.3 Å². The highest BCUT2D eigenvalue weighted by Crippen LogP contribution is 2.70. The van der Waals surface area contributed by atoms with Gasteiger partial charge in [0.15, 0.2) is 5.82 Å². The molecule has 2 aliphatic carbocycles. The van der Waals surface area contributed by atoms with E-state index in [0.717, 1.165) is 35.0 Å². The van der Waals surface area contributed by atoms with Crippen LogP contribution in [0.3, 0.4) is 0 Å². The van der Waals surface area contributed by atoms with Crippen molar-refractivity contribution >= 4 is 16.7 Å². The van der Waals surface area contributed by atoms with Gasteiger partial charge < -0.3 is 4.90 Å². The zero-order valence-electron chi connectivity index (χ0n) is 19.7. The molecule has 0 N–H and O–H groups in total. The minimum atomic E-state index is 0.465. The number of hydrogen-bond donors (Lipinski definition) is 0. The summed E-state index contributed by atoms with van der Waals surface area (Å²) in [6, 6.07) is 13.0. The molecule has 1 aromatic carbocycles. The first-order chi connectivity index (χ1) is 15.4. The number of rotatable bonds is 2. The summed E-state index contributed by atoms with van der Waals surface area (Å²) in [6.45, 7) is 9.82. The van der Waals surface area contributed by atoms with Crippen molar-refractivity contribution in [3.63, 3.8) is 0 Å². The summed E-state index contributed by atoms with van der Waals surface area (Å²) in [5, 5.41) is 13.9. The first kappa shape index (κ1) is 22.3. The molecule has 1 spiro atoms. The summed E-state index contributed by atoms with van der Waals surface area (Å²) in [5.74, 6) is 3.11. The summed E-state index contributed by atoms with van der Waals surface area (Å²) < 4.78 is 1.88. The average Bonchev–Trinajstić information content (AvgIpc) is 3.60. The van der Waals surface area contributed by atoms with Gasteiger partial charge in [-0.05, 0) is 56.4 Å². The van der Waals surface area contributed by atoms with E-state index in [-0.39, 0.29) is 0 Å². The number of aromatic nitrogens is 4. The Morgan fingerprint density at radius 2 is 1.84 bits per heavy atom. The van der Waals surface area contributed by atoms with Gasteiger partial charge in [0.1, 0.15) is 12.1 Å². The van der Waals surface area contributed by atoms with Crippen molar-refractivity contribution in [1.82, 2.24) is 19.7 Å². The number of para-hydroxylation sites is 1. The van der Waals surface area contributed by atoms with Crippen LogP contribution in [0, 0.1) is 28.6 Å². The van der Waals surface area contributed by atoms with Crippen LogP contribution < -0.4 is 4.90 Å². The third-order valence-corrected chi connectivity index (χ3v) is 6.42. The number of benzene rings is 1. The zero-order valence-corrected chi connectivity index (χ0v) is 19.7.